The van der Waals surface area contributed by atoms with Crippen LogP contribution in [0.25, 0.3) is 26.9 Å². The van der Waals surface area contributed by atoms with Gasteiger partial charge in [0.2, 0.25) is 0 Å². The summed E-state index contributed by atoms with van der Waals surface area (Å²) in [5.41, 5.74) is 2.46. The van der Waals surface area contributed by atoms with Gasteiger partial charge in [0.15, 0.2) is 5.78 Å². The van der Waals surface area contributed by atoms with E-state index < -0.39 is 0 Å². The standard InChI is InChI=1S/C17H13NO2S/c1-11(19)6-7-12-8-9-15(20)13(10-12)17-18-14-4-2-3-5-16(14)21-17/h2-10,20H,1H3/b7-6+. The van der Waals surface area contributed by atoms with Gasteiger partial charge in [-0.25, -0.2) is 4.98 Å². The zero-order valence-corrected chi connectivity index (χ0v) is 12.2. The lowest BCUT2D eigenvalue weighted by Crippen LogP contribution is -1.83. The topological polar surface area (TPSA) is 50.2 Å². The molecule has 1 heterocycles. The quantitative estimate of drug-likeness (QED) is 0.734. The number of para-hydroxylation sites is 1. The summed E-state index contributed by atoms with van der Waals surface area (Å²) in [6, 6.07) is 13.1. The van der Waals surface area contributed by atoms with E-state index >= 15 is 0 Å². The number of carbonyl (C=O) groups is 1. The molecule has 0 atom stereocenters. The van der Waals surface area contributed by atoms with Gasteiger partial charge in [0.1, 0.15) is 10.8 Å². The summed E-state index contributed by atoms with van der Waals surface area (Å²) in [6.07, 6.45) is 3.24. The number of hydrogen-bond acceptors (Lipinski definition) is 4. The lowest BCUT2D eigenvalue weighted by Gasteiger charge is -2.02. The Morgan fingerprint density at radius 1 is 1.24 bits per heavy atom. The molecule has 4 heteroatoms. The number of thiazole rings is 1. The highest BCUT2D eigenvalue weighted by atomic mass is 32.1. The minimum Gasteiger partial charge on any atom is -0.507 e. The van der Waals surface area contributed by atoms with E-state index in [1.54, 1.807) is 18.2 Å². The van der Waals surface area contributed by atoms with Crippen LogP contribution in [-0.4, -0.2) is 15.9 Å². The molecular weight excluding hydrogens is 282 g/mol. The highest BCUT2D eigenvalue weighted by Gasteiger charge is 2.10. The number of benzene rings is 2. The number of ketones is 1. The van der Waals surface area contributed by atoms with Crippen molar-refractivity contribution in [3.8, 4) is 16.3 Å². The van der Waals surface area contributed by atoms with Crippen LogP contribution >= 0.6 is 11.3 Å². The van der Waals surface area contributed by atoms with Gasteiger partial charge in [-0.05, 0) is 42.8 Å². The van der Waals surface area contributed by atoms with Crippen molar-refractivity contribution >= 4 is 33.4 Å². The second-order valence-corrected chi connectivity index (χ2v) is 5.74. The molecule has 0 amide bonds. The lowest BCUT2D eigenvalue weighted by molar-refractivity contribution is -0.112. The van der Waals surface area contributed by atoms with E-state index in [1.807, 2.05) is 30.3 Å². The summed E-state index contributed by atoms with van der Waals surface area (Å²) in [5, 5.41) is 10.8. The first-order chi connectivity index (χ1) is 10.1. The molecule has 0 aliphatic rings. The third-order valence-electron chi connectivity index (χ3n) is 3.06. The summed E-state index contributed by atoms with van der Waals surface area (Å²) in [6.45, 7) is 1.51. The molecule has 0 aliphatic carbocycles. The molecule has 0 saturated carbocycles. The van der Waals surface area contributed by atoms with Crippen LogP contribution in [0, 0.1) is 0 Å². The summed E-state index contributed by atoms with van der Waals surface area (Å²) < 4.78 is 1.08. The Morgan fingerprint density at radius 2 is 2.05 bits per heavy atom. The number of hydrogen-bond donors (Lipinski definition) is 1. The Morgan fingerprint density at radius 3 is 2.81 bits per heavy atom. The molecule has 2 aromatic carbocycles. The largest absolute Gasteiger partial charge is 0.507 e. The molecule has 3 nitrogen and oxygen atoms in total. The maximum absolute atomic E-state index is 11.0. The minimum atomic E-state index is -0.00962. The Labute approximate surface area is 126 Å². The van der Waals surface area contributed by atoms with Crippen molar-refractivity contribution in [2.24, 2.45) is 0 Å². The van der Waals surface area contributed by atoms with Gasteiger partial charge in [-0.2, -0.15) is 0 Å². The van der Waals surface area contributed by atoms with Crippen molar-refractivity contribution in [3.05, 3.63) is 54.1 Å². The number of phenolic OH excluding ortho intramolecular Hbond substituents is 1. The smallest absolute Gasteiger partial charge is 0.152 e. The third kappa shape index (κ3) is 2.85. The molecule has 0 spiro atoms. The highest BCUT2D eigenvalue weighted by molar-refractivity contribution is 7.21. The summed E-state index contributed by atoms with van der Waals surface area (Å²) in [7, 11) is 0. The van der Waals surface area contributed by atoms with Crippen LogP contribution in [-0.2, 0) is 4.79 Å². The van der Waals surface area contributed by atoms with E-state index in [2.05, 4.69) is 4.98 Å². The van der Waals surface area contributed by atoms with Gasteiger partial charge < -0.3 is 5.11 Å². The number of aromatic nitrogens is 1. The van der Waals surface area contributed by atoms with Gasteiger partial charge in [-0.1, -0.05) is 24.3 Å². The van der Waals surface area contributed by atoms with Crippen LogP contribution in [0.5, 0.6) is 5.75 Å². The molecule has 1 N–H and O–H groups in total. The SMILES string of the molecule is CC(=O)/C=C/c1ccc(O)c(-c2nc3ccccc3s2)c1. The number of allylic oxidation sites excluding steroid dienone is 1. The first kappa shape index (κ1) is 13.5. The van der Waals surface area contributed by atoms with Crippen LogP contribution in [0.4, 0.5) is 0 Å². The summed E-state index contributed by atoms with van der Waals surface area (Å²) in [5.74, 6) is 0.179. The van der Waals surface area contributed by atoms with E-state index in [4.69, 9.17) is 0 Å². The van der Waals surface area contributed by atoms with Crippen LogP contribution < -0.4 is 0 Å². The van der Waals surface area contributed by atoms with Crippen molar-refractivity contribution in [1.29, 1.82) is 0 Å². The van der Waals surface area contributed by atoms with E-state index in [9.17, 15) is 9.90 Å². The monoisotopic (exact) mass is 295 g/mol. The molecule has 3 rings (SSSR count). The van der Waals surface area contributed by atoms with E-state index in [0.29, 0.717) is 5.56 Å². The zero-order valence-electron chi connectivity index (χ0n) is 11.4. The van der Waals surface area contributed by atoms with Crippen molar-refractivity contribution in [2.45, 2.75) is 6.92 Å². The minimum absolute atomic E-state index is 0.00962. The molecule has 21 heavy (non-hydrogen) atoms. The number of aromatic hydroxyl groups is 1. The molecule has 1 aromatic heterocycles. The maximum atomic E-state index is 11.0. The van der Waals surface area contributed by atoms with Gasteiger partial charge in [0.25, 0.3) is 0 Å². The van der Waals surface area contributed by atoms with Crippen molar-refractivity contribution < 1.29 is 9.90 Å². The first-order valence-electron chi connectivity index (χ1n) is 6.51. The predicted octanol–water partition coefficient (Wildman–Crippen LogP) is 4.27. The van der Waals surface area contributed by atoms with Crippen molar-refractivity contribution in [1.82, 2.24) is 4.98 Å². The zero-order chi connectivity index (χ0) is 14.8. The average Bonchev–Trinajstić information content (AvgIpc) is 2.90. The molecule has 104 valence electrons. The normalized spacial score (nSPS) is 11.3. The fourth-order valence-corrected chi connectivity index (χ4v) is 3.02. The third-order valence-corrected chi connectivity index (χ3v) is 4.13. The van der Waals surface area contributed by atoms with Gasteiger partial charge >= 0.3 is 0 Å². The van der Waals surface area contributed by atoms with Crippen LogP contribution in [0.15, 0.2) is 48.5 Å². The number of carbonyl (C=O) groups excluding carboxylic acids is 1. The van der Waals surface area contributed by atoms with Crippen LogP contribution in [0.1, 0.15) is 12.5 Å². The molecule has 0 radical (unpaired) electrons. The second-order valence-electron chi connectivity index (χ2n) is 4.71. The highest BCUT2D eigenvalue weighted by Crippen LogP contribution is 2.35. The summed E-state index contributed by atoms with van der Waals surface area (Å²) in [4.78, 5) is 15.6. The van der Waals surface area contributed by atoms with E-state index in [1.165, 1.54) is 24.3 Å². The van der Waals surface area contributed by atoms with Gasteiger partial charge in [-0.3, -0.25) is 4.79 Å². The van der Waals surface area contributed by atoms with Crippen molar-refractivity contribution in [3.63, 3.8) is 0 Å². The molecule has 0 bridgehead atoms. The van der Waals surface area contributed by atoms with Crippen LogP contribution in [0.2, 0.25) is 0 Å². The first-order valence-corrected chi connectivity index (χ1v) is 7.33. The Balaban J connectivity index is 2.08. The molecule has 0 saturated heterocycles. The van der Waals surface area contributed by atoms with Gasteiger partial charge in [0.05, 0.1) is 15.8 Å². The second kappa shape index (κ2) is 5.50. The number of rotatable bonds is 3. The maximum Gasteiger partial charge on any atom is 0.152 e. The van der Waals surface area contributed by atoms with Crippen molar-refractivity contribution in [2.75, 3.05) is 0 Å². The van der Waals surface area contributed by atoms with Gasteiger partial charge in [0, 0.05) is 0 Å². The molecule has 3 aromatic rings. The fraction of sp³-hybridized carbons (Fsp3) is 0.0588. The fourth-order valence-electron chi connectivity index (χ4n) is 2.03. The Hall–Kier alpha value is -2.46. The number of phenols is 1. The van der Waals surface area contributed by atoms with Gasteiger partial charge in [-0.15, -0.1) is 11.3 Å². The van der Waals surface area contributed by atoms with E-state index in [-0.39, 0.29) is 11.5 Å². The number of nitrogens with zero attached hydrogens (tertiary/aromatic N) is 1. The molecule has 0 fully saturated rings. The molecular formula is C17H13NO2S. The lowest BCUT2D eigenvalue weighted by atomic mass is 10.1. The molecule has 0 unspecified atom stereocenters. The van der Waals surface area contributed by atoms with Crippen LogP contribution in [0.3, 0.4) is 0 Å². The summed E-state index contributed by atoms with van der Waals surface area (Å²) >= 11 is 1.54. The average molecular weight is 295 g/mol. The number of fused-ring (bicyclic) bond motifs is 1. The Bertz CT molecular complexity index is 816. The van der Waals surface area contributed by atoms with E-state index in [0.717, 1.165) is 20.8 Å². The molecule has 0 aliphatic heterocycles. The Kier molecular flexibility index (Phi) is 3.54. The predicted molar refractivity (Wildman–Crippen MR) is 86.4 cm³/mol.